The molecule has 5 aromatic rings. The molecule has 0 aromatic heterocycles. The summed E-state index contributed by atoms with van der Waals surface area (Å²) >= 11 is 0. The van der Waals surface area contributed by atoms with Crippen LogP contribution in [0.4, 0.5) is 17.1 Å². The minimum atomic E-state index is -0.0322. The molecule has 1 heteroatoms. The van der Waals surface area contributed by atoms with Gasteiger partial charge >= 0.3 is 0 Å². The number of hydrogen-bond acceptors (Lipinski definition) is 1. The lowest BCUT2D eigenvalue weighted by atomic mass is 9.82. The number of nitrogens with zero attached hydrogens (tertiary/aromatic N) is 1. The van der Waals surface area contributed by atoms with E-state index in [9.17, 15) is 0 Å². The van der Waals surface area contributed by atoms with E-state index in [1.807, 2.05) is 0 Å². The summed E-state index contributed by atoms with van der Waals surface area (Å²) in [5.41, 5.74) is 16.5. The normalized spacial score (nSPS) is 22.1. The first-order chi connectivity index (χ1) is 22.0. The van der Waals surface area contributed by atoms with E-state index in [2.05, 4.69) is 128 Å². The Morgan fingerprint density at radius 1 is 0.578 bits per heavy atom. The minimum absolute atomic E-state index is 0.0322. The summed E-state index contributed by atoms with van der Waals surface area (Å²) in [5.74, 6) is 2.61. The van der Waals surface area contributed by atoms with Gasteiger partial charge < -0.3 is 4.90 Å². The Morgan fingerprint density at radius 2 is 1.27 bits per heavy atom. The van der Waals surface area contributed by atoms with Gasteiger partial charge in [-0.15, -0.1) is 0 Å². The number of hydrogen-bond donors (Lipinski definition) is 0. The molecule has 224 valence electrons. The lowest BCUT2D eigenvalue weighted by molar-refractivity contribution is 0.420. The van der Waals surface area contributed by atoms with Crippen molar-refractivity contribution < 1.29 is 0 Å². The van der Waals surface area contributed by atoms with Crippen molar-refractivity contribution in [1.82, 2.24) is 0 Å². The van der Waals surface area contributed by atoms with Gasteiger partial charge in [0.05, 0.1) is 0 Å². The third-order valence-electron chi connectivity index (χ3n) is 12.0. The highest BCUT2D eigenvalue weighted by atomic mass is 15.1. The molecule has 45 heavy (non-hydrogen) atoms. The molecule has 2 fully saturated rings. The van der Waals surface area contributed by atoms with Crippen LogP contribution in [-0.4, -0.2) is 0 Å². The fourth-order valence-corrected chi connectivity index (χ4v) is 9.52. The standard InChI is InChI=1S/C44H43N/c1-44(2)42-10-6-5-9-39(42)40-24-23-38(28-43(40)44)45(37-21-17-32(18-22-37)41-26-29-11-12-35(41)25-29)36-19-15-31(16-20-36)34-14-13-30-7-3-4-8-33(30)27-34/h5-6,9-10,13-24,27-29,35,41H,3-4,7-8,11-12,25-26H2,1-2H3. The lowest BCUT2D eigenvalue weighted by Gasteiger charge is -2.29. The van der Waals surface area contributed by atoms with Gasteiger partial charge in [0.25, 0.3) is 0 Å². The highest BCUT2D eigenvalue weighted by Crippen LogP contribution is 2.54. The fraction of sp³-hybridized carbons (Fsp3) is 0.318. The average Bonchev–Trinajstić information content (AvgIpc) is 3.79. The molecule has 4 aliphatic carbocycles. The fourth-order valence-electron chi connectivity index (χ4n) is 9.52. The van der Waals surface area contributed by atoms with Crippen molar-refractivity contribution >= 4 is 17.1 Å². The largest absolute Gasteiger partial charge is 0.310 e. The topological polar surface area (TPSA) is 3.24 Å². The van der Waals surface area contributed by atoms with Crippen LogP contribution in [0.3, 0.4) is 0 Å². The molecule has 2 bridgehead atoms. The zero-order valence-electron chi connectivity index (χ0n) is 26.7. The molecule has 0 amide bonds. The number of aryl methyl sites for hydroxylation is 2. The van der Waals surface area contributed by atoms with E-state index < -0.39 is 0 Å². The van der Waals surface area contributed by atoms with E-state index >= 15 is 0 Å². The van der Waals surface area contributed by atoms with Crippen molar-refractivity contribution in [3.63, 3.8) is 0 Å². The van der Waals surface area contributed by atoms with Crippen molar-refractivity contribution in [1.29, 1.82) is 0 Å². The monoisotopic (exact) mass is 585 g/mol. The molecule has 0 heterocycles. The molecule has 9 rings (SSSR count). The SMILES string of the molecule is CC1(C)c2ccccc2-c2ccc(N(c3ccc(-c4ccc5c(c4)CCCC5)cc3)c3ccc(C4CC5CCC4C5)cc3)cc21. The van der Waals surface area contributed by atoms with Gasteiger partial charge in [0.2, 0.25) is 0 Å². The van der Waals surface area contributed by atoms with Crippen molar-refractivity contribution in [2.45, 2.75) is 76.5 Å². The van der Waals surface area contributed by atoms with Crippen LogP contribution in [0.1, 0.15) is 86.1 Å². The Morgan fingerprint density at radius 3 is 2.02 bits per heavy atom. The van der Waals surface area contributed by atoms with E-state index in [1.54, 1.807) is 16.7 Å². The molecule has 0 radical (unpaired) electrons. The van der Waals surface area contributed by atoms with E-state index in [1.165, 1.54) is 102 Å². The third-order valence-corrected chi connectivity index (χ3v) is 12.0. The van der Waals surface area contributed by atoms with Crippen LogP contribution in [0.5, 0.6) is 0 Å². The molecule has 0 aliphatic heterocycles. The van der Waals surface area contributed by atoms with Crippen LogP contribution in [-0.2, 0) is 18.3 Å². The zero-order chi connectivity index (χ0) is 30.1. The first-order valence-corrected chi connectivity index (χ1v) is 17.4. The quantitative estimate of drug-likeness (QED) is 0.198. The van der Waals surface area contributed by atoms with Crippen molar-refractivity contribution in [3.8, 4) is 22.3 Å². The maximum atomic E-state index is 2.47. The summed E-state index contributed by atoms with van der Waals surface area (Å²) in [6, 6.07) is 42.1. The average molecular weight is 586 g/mol. The second kappa shape index (κ2) is 10.5. The van der Waals surface area contributed by atoms with Crippen LogP contribution in [0.2, 0.25) is 0 Å². The third kappa shape index (κ3) is 4.50. The van der Waals surface area contributed by atoms with E-state index in [0.29, 0.717) is 0 Å². The summed E-state index contributed by atoms with van der Waals surface area (Å²) in [4.78, 5) is 2.47. The molecule has 0 saturated heterocycles. The van der Waals surface area contributed by atoms with E-state index in [-0.39, 0.29) is 5.41 Å². The van der Waals surface area contributed by atoms with E-state index in [0.717, 1.165) is 17.8 Å². The Hall–Kier alpha value is -4.10. The number of anilines is 3. The van der Waals surface area contributed by atoms with Crippen LogP contribution < -0.4 is 4.90 Å². The van der Waals surface area contributed by atoms with Crippen molar-refractivity contribution in [3.05, 3.63) is 137 Å². The summed E-state index contributed by atoms with van der Waals surface area (Å²) < 4.78 is 0. The lowest BCUT2D eigenvalue weighted by Crippen LogP contribution is -2.16. The molecule has 0 spiro atoms. The summed E-state index contributed by atoms with van der Waals surface area (Å²) in [7, 11) is 0. The van der Waals surface area contributed by atoms with Crippen LogP contribution in [0, 0.1) is 11.8 Å². The Kier molecular flexibility index (Phi) is 6.34. The molecular weight excluding hydrogens is 542 g/mol. The first kappa shape index (κ1) is 27.2. The van der Waals surface area contributed by atoms with Gasteiger partial charge in [-0.2, -0.15) is 0 Å². The highest BCUT2D eigenvalue weighted by Gasteiger charge is 2.40. The first-order valence-electron chi connectivity index (χ1n) is 17.4. The predicted octanol–water partition coefficient (Wildman–Crippen LogP) is 11.9. The molecule has 3 unspecified atom stereocenters. The van der Waals surface area contributed by atoms with Gasteiger partial charge in [0.15, 0.2) is 0 Å². The number of benzene rings is 5. The number of fused-ring (bicyclic) bond motifs is 6. The van der Waals surface area contributed by atoms with Gasteiger partial charge in [0.1, 0.15) is 0 Å². The Bertz CT molecular complexity index is 1890. The van der Waals surface area contributed by atoms with Crippen molar-refractivity contribution in [2.24, 2.45) is 11.8 Å². The highest BCUT2D eigenvalue weighted by molar-refractivity contribution is 5.86. The van der Waals surface area contributed by atoms with Gasteiger partial charge in [-0.25, -0.2) is 0 Å². The van der Waals surface area contributed by atoms with Crippen molar-refractivity contribution in [2.75, 3.05) is 4.90 Å². The second-order valence-electron chi connectivity index (χ2n) is 14.8. The molecule has 2 saturated carbocycles. The predicted molar refractivity (Wildman–Crippen MR) is 189 cm³/mol. The summed E-state index contributed by atoms with van der Waals surface area (Å²) in [5, 5.41) is 0. The molecule has 1 nitrogen and oxygen atoms in total. The molecule has 5 aromatic carbocycles. The van der Waals surface area contributed by atoms with Gasteiger partial charge in [-0.05, 0) is 149 Å². The Labute approximate surface area is 269 Å². The smallest absolute Gasteiger partial charge is 0.0465 e. The number of rotatable bonds is 5. The van der Waals surface area contributed by atoms with Gasteiger partial charge in [0, 0.05) is 22.5 Å². The van der Waals surface area contributed by atoms with E-state index in [4.69, 9.17) is 0 Å². The summed E-state index contributed by atoms with van der Waals surface area (Å²) in [6.45, 7) is 4.76. The minimum Gasteiger partial charge on any atom is -0.310 e. The van der Waals surface area contributed by atoms with Gasteiger partial charge in [-0.3, -0.25) is 0 Å². The second-order valence-corrected chi connectivity index (χ2v) is 14.8. The molecule has 3 atom stereocenters. The van der Waals surface area contributed by atoms with Gasteiger partial charge in [-0.1, -0.05) is 93.1 Å². The maximum absolute atomic E-state index is 2.47. The Balaban J connectivity index is 1.11. The molecule has 0 N–H and O–H groups in total. The van der Waals surface area contributed by atoms with Crippen LogP contribution in [0.25, 0.3) is 22.3 Å². The molecule has 4 aliphatic rings. The van der Waals surface area contributed by atoms with Crippen LogP contribution >= 0.6 is 0 Å². The van der Waals surface area contributed by atoms with Crippen LogP contribution in [0.15, 0.2) is 109 Å². The molecular formula is C44H43N. The maximum Gasteiger partial charge on any atom is 0.0465 e. The summed E-state index contributed by atoms with van der Waals surface area (Å²) in [6.07, 6.45) is 10.8. The zero-order valence-corrected chi connectivity index (χ0v) is 26.7.